The number of nitrogens with zero attached hydrogens (tertiary/aromatic N) is 5. The molecule has 0 radical (unpaired) electrons. The van der Waals surface area contributed by atoms with Crippen LogP contribution >= 0.6 is 0 Å². The van der Waals surface area contributed by atoms with E-state index < -0.39 is 0 Å². The second-order valence-corrected chi connectivity index (χ2v) is 5.51. The van der Waals surface area contributed by atoms with E-state index in [0.29, 0.717) is 19.2 Å². The highest BCUT2D eigenvalue weighted by atomic mass is 16.5. The molecule has 1 fully saturated rings. The first kappa shape index (κ1) is 14.8. The van der Waals surface area contributed by atoms with Crippen molar-refractivity contribution in [3.05, 3.63) is 42.9 Å². The van der Waals surface area contributed by atoms with Crippen LogP contribution in [0.1, 0.15) is 5.76 Å². The van der Waals surface area contributed by atoms with Gasteiger partial charge >= 0.3 is 0 Å². The highest BCUT2D eigenvalue weighted by molar-refractivity contribution is 5.79. The molecule has 0 aliphatic carbocycles. The SMILES string of the molecule is Cc1occc1-c1nc(N2CCOCC2)ncc1-c1cnccn1. The third kappa shape index (κ3) is 2.74. The van der Waals surface area contributed by atoms with Crippen LogP contribution < -0.4 is 4.90 Å². The van der Waals surface area contributed by atoms with Gasteiger partial charge in [-0.05, 0) is 13.0 Å². The molecule has 3 aromatic rings. The summed E-state index contributed by atoms with van der Waals surface area (Å²) < 4.78 is 10.9. The third-order valence-electron chi connectivity index (χ3n) is 4.02. The molecule has 1 aliphatic heterocycles. The van der Waals surface area contributed by atoms with E-state index in [0.717, 1.165) is 41.4 Å². The molecule has 4 rings (SSSR count). The van der Waals surface area contributed by atoms with Gasteiger partial charge < -0.3 is 14.1 Å². The van der Waals surface area contributed by atoms with E-state index in [4.69, 9.17) is 14.1 Å². The summed E-state index contributed by atoms with van der Waals surface area (Å²) in [5, 5.41) is 0. The quantitative estimate of drug-likeness (QED) is 0.732. The first-order valence-corrected chi connectivity index (χ1v) is 7.83. The number of hydrogen-bond acceptors (Lipinski definition) is 7. The molecule has 7 heteroatoms. The van der Waals surface area contributed by atoms with Gasteiger partial charge in [0.1, 0.15) is 5.76 Å². The summed E-state index contributed by atoms with van der Waals surface area (Å²) in [6.45, 7) is 4.87. The Morgan fingerprint density at radius 2 is 1.92 bits per heavy atom. The smallest absolute Gasteiger partial charge is 0.226 e. The zero-order valence-corrected chi connectivity index (χ0v) is 13.3. The molecule has 0 spiro atoms. The Morgan fingerprint density at radius 1 is 1.04 bits per heavy atom. The molecule has 3 aromatic heterocycles. The van der Waals surface area contributed by atoms with E-state index in [1.165, 1.54) is 0 Å². The highest BCUT2D eigenvalue weighted by Gasteiger charge is 2.19. The predicted octanol–water partition coefficient (Wildman–Crippen LogP) is 2.34. The van der Waals surface area contributed by atoms with E-state index in [-0.39, 0.29) is 0 Å². The van der Waals surface area contributed by atoms with Gasteiger partial charge in [-0.15, -0.1) is 0 Å². The molecule has 122 valence electrons. The summed E-state index contributed by atoms with van der Waals surface area (Å²) >= 11 is 0. The molecule has 4 heterocycles. The molecule has 0 unspecified atom stereocenters. The minimum Gasteiger partial charge on any atom is -0.469 e. The average Bonchev–Trinajstić information content (AvgIpc) is 3.08. The number of anilines is 1. The second kappa shape index (κ2) is 6.37. The second-order valence-electron chi connectivity index (χ2n) is 5.51. The number of furan rings is 1. The van der Waals surface area contributed by atoms with Crippen molar-refractivity contribution in [2.24, 2.45) is 0 Å². The van der Waals surface area contributed by atoms with Crippen molar-refractivity contribution in [1.82, 2.24) is 19.9 Å². The molecule has 0 saturated carbocycles. The lowest BCUT2D eigenvalue weighted by atomic mass is 10.1. The summed E-state index contributed by atoms with van der Waals surface area (Å²) in [4.78, 5) is 20.0. The van der Waals surface area contributed by atoms with Gasteiger partial charge in [-0.2, -0.15) is 0 Å². The van der Waals surface area contributed by atoms with E-state index in [1.54, 1.807) is 24.9 Å². The number of rotatable bonds is 3. The van der Waals surface area contributed by atoms with Gasteiger partial charge in [-0.25, -0.2) is 9.97 Å². The Balaban J connectivity index is 1.83. The van der Waals surface area contributed by atoms with Gasteiger partial charge in [0.05, 0.1) is 37.1 Å². The Kier molecular flexibility index (Phi) is 3.92. The summed E-state index contributed by atoms with van der Waals surface area (Å²) in [6, 6.07) is 1.92. The van der Waals surface area contributed by atoms with Gasteiger partial charge in [0.2, 0.25) is 5.95 Å². The largest absolute Gasteiger partial charge is 0.469 e. The molecule has 24 heavy (non-hydrogen) atoms. The lowest BCUT2D eigenvalue weighted by Gasteiger charge is -2.27. The lowest BCUT2D eigenvalue weighted by molar-refractivity contribution is 0.122. The Labute approximate surface area is 139 Å². The van der Waals surface area contributed by atoms with Crippen molar-refractivity contribution in [2.75, 3.05) is 31.2 Å². The number of hydrogen-bond donors (Lipinski definition) is 0. The number of aromatic nitrogens is 4. The van der Waals surface area contributed by atoms with Crippen molar-refractivity contribution in [3.63, 3.8) is 0 Å². The van der Waals surface area contributed by atoms with Gasteiger partial charge in [0.15, 0.2) is 0 Å². The van der Waals surface area contributed by atoms with Crippen LogP contribution in [0.25, 0.3) is 22.5 Å². The van der Waals surface area contributed by atoms with Crippen LogP contribution in [0.3, 0.4) is 0 Å². The summed E-state index contributed by atoms with van der Waals surface area (Å²) in [5.74, 6) is 1.51. The fourth-order valence-corrected chi connectivity index (χ4v) is 2.75. The molecule has 0 N–H and O–H groups in total. The topological polar surface area (TPSA) is 77.2 Å². The molecule has 1 saturated heterocycles. The van der Waals surface area contributed by atoms with Crippen molar-refractivity contribution in [3.8, 4) is 22.5 Å². The highest BCUT2D eigenvalue weighted by Crippen LogP contribution is 2.32. The van der Waals surface area contributed by atoms with E-state index in [9.17, 15) is 0 Å². The van der Waals surface area contributed by atoms with Crippen LogP contribution in [-0.4, -0.2) is 46.2 Å². The van der Waals surface area contributed by atoms with Crippen LogP contribution in [-0.2, 0) is 4.74 Å². The maximum absolute atomic E-state index is 5.47. The molecule has 0 amide bonds. The first-order valence-electron chi connectivity index (χ1n) is 7.83. The molecule has 1 aliphatic rings. The zero-order valence-electron chi connectivity index (χ0n) is 13.3. The van der Waals surface area contributed by atoms with Crippen LogP contribution in [0.15, 0.2) is 41.5 Å². The van der Waals surface area contributed by atoms with Gasteiger partial charge in [-0.3, -0.25) is 9.97 Å². The number of aryl methyl sites for hydroxylation is 1. The maximum atomic E-state index is 5.47. The molecular weight excluding hydrogens is 306 g/mol. The Hall–Kier alpha value is -2.80. The standard InChI is InChI=1S/C17H17N5O2/c1-12-13(2-7-24-12)16-14(15-11-18-3-4-19-15)10-20-17(21-16)22-5-8-23-9-6-22/h2-4,7,10-11H,5-6,8-9H2,1H3. The van der Waals surface area contributed by atoms with Crippen LogP contribution in [0.2, 0.25) is 0 Å². The zero-order chi connectivity index (χ0) is 16.4. The van der Waals surface area contributed by atoms with Crippen LogP contribution in [0, 0.1) is 6.92 Å². The maximum Gasteiger partial charge on any atom is 0.226 e. The normalized spacial score (nSPS) is 14.8. The third-order valence-corrected chi connectivity index (χ3v) is 4.02. The predicted molar refractivity (Wildman–Crippen MR) is 88.5 cm³/mol. The lowest BCUT2D eigenvalue weighted by Crippen LogP contribution is -2.37. The summed E-state index contributed by atoms with van der Waals surface area (Å²) in [6.07, 6.45) is 8.50. The Bertz CT molecular complexity index is 828. The fourth-order valence-electron chi connectivity index (χ4n) is 2.75. The van der Waals surface area contributed by atoms with Crippen LogP contribution in [0.5, 0.6) is 0 Å². The summed E-state index contributed by atoms with van der Waals surface area (Å²) in [7, 11) is 0. The van der Waals surface area contributed by atoms with Gasteiger partial charge in [-0.1, -0.05) is 0 Å². The van der Waals surface area contributed by atoms with Crippen molar-refractivity contribution >= 4 is 5.95 Å². The number of ether oxygens (including phenoxy) is 1. The minimum absolute atomic E-state index is 0.690. The van der Waals surface area contributed by atoms with E-state index in [2.05, 4.69) is 19.9 Å². The van der Waals surface area contributed by atoms with Crippen molar-refractivity contribution in [2.45, 2.75) is 6.92 Å². The van der Waals surface area contributed by atoms with Crippen molar-refractivity contribution in [1.29, 1.82) is 0 Å². The fraction of sp³-hybridized carbons (Fsp3) is 0.294. The van der Waals surface area contributed by atoms with E-state index >= 15 is 0 Å². The molecule has 0 aromatic carbocycles. The van der Waals surface area contributed by atoms with E-state index in [1.807, 2.05) is 19.2 Å². The molecule has 7 nitrogen and oxygen atoms in total. The molecule has 0 atom stereocenters. The summed E-state index contributed by atoms with van der Waals surface area (Å²) in [5.41, 5.74) is 3.32. The molecule has 0 bridgehead atoms. The monoisotopic (exact) mass is 323 g/mol. The Morgan fingerprint density at radius 3 is 2.62 bits per heavy atom. The first-order chi connectivity index (χ1) is 11.8. The minimum atomic E-state index is 0.690. The van der Waals surface area contributed by atoms with Gasteiger partial charge in [0, 0.05) is 42.8 Å². The number of morpholine rings is 1. The van der Waals surface area contributed by atoms with Crippen molar-refractivity contribution < 1.29 is 9.15 Å². The van der Waals surface area contributed by atoms with Gasteiger partial charge in [0.25, 0.3) is 0 Å². The van der Waals surface area contributed by atoms with Crippen LogP contribution in [0.4, 0.5) is 5.95 Å². The average molecular weight is 323 g/mol. The molecular formula is C17H17N5O2.